The van der Waals surface area contributed by atoms with Crippen LogP contribution in [0, 0.1) is 0 Å². The van der Waals surface area contributed by atoms with E-state index in [-0.39, 0.29) is 24.5 Å². The Morgan fingerprint density at radius 2 is 1.94 bits per heavy atom. The van der Waals surface area contributed by atoms with E-state index in [9.17, 15) is 9.59 Å². The second-order valence-corrected chi connectivity index (χ2v) is 4.46. The highest BCUT2D eigenvalue weighted by Crippen LogP contribution is 2.23. The van der Waals surface area contributed by atoms with Gasteiger partial charge in [0.15, 0.2) is 5.78 Å². The van der Waals surface area contributed by atoms with Gasteiger partial charge in [0, 0.05) is 32.5 Å². The number of amides is 1. The van der Waals surface area contributed by atoms with Crippen molar-refractivity contribution in [3.8, 4) is 5.75 Å². The summed E-state index contributed by atoms with van der Waals surface area (Å²) in [4.78, 5) is 24.7. The zero-order chi connectivity index (χ0) is 13.7. The van der Waals surface area contributed by atoms with Crippen molar-refractivity contribution in [2.45, 2.75) is 12.8 Å². The van der Waals surface area contributed by atoms with Crippen LogP contribution in [0.2, 0.25) is 5.02 Å². The third-order valence-electron chi connectivity index (χ3n) is 2.54. The van der Waals surface area contributed by atoms with E-state index >= 15 is 0 Å². The summed E-state index contributed by atoms with van der Waals surface area (Å²) in [5.74, 6) is 0.381. The minimum Gasteiger partial charge on any atom is -0.497 e. The number of ether oxygens (including phenoxy) is 1. The van der Waals surface area contributed by atoms with Gasteiger partial charge in [0.2, 0.25) is 5.91 Å². The molecule has 1 aromatic carbocycles. The molecule has 0 aliphatic carbocycles. The summed E-state index contributed by atoms with van der Waals surface area (Å²) < 4.78 is 5.00. The van der Waals surface area contributed by atoms with Gasteiger partial charge >= 0.3 is 0 Å². The smallest absolute Gasteiger partial charge is 0.222 e. The number of carbonyl (C=O) groups is 2. The van der Waals surface area contributed by atoms with Crippen molar-refractivity contribution < 1.29 is 14.3 Å². The van der Waals surface area contributed by atoms with E-state index in [0.29, 0.717) is 16.3 Å². The normalized spacial score (nSPS) is 10.0. The summed E-state index contributed by atoms with van der Waals surface area (Å²) in [6.07, 6.45) is 0.344. The first kappa shape index (κ1) is 14.5. The molecular weight excluding hydrogens is 254 g/mol. The second kappa shape index (κ2) is 6.40. The second-order valence-electron chi connectivity index (χ2n) is 4.06. The molecule has 0 aromatic heterocycles. The number of hydrogen-bond donors (Lipinski definition) is 0. The molecule has 4 nitrogen and oxygen atoms in total. The molecule has 0 N–H and O–H groups in total. The van der Waals surface area contributed by atoms with E-state index < -0.39 is 0 Å². The SMILES string of the molecule is COc1ccc(C(=O)CCC(=O)N(C)C)c(Cl)c1. The standard InChI is InChI=1S/C13H16ClNO3/c1-15(2)13(17)7-6-12(16)10-5-4-9(18-3)8-11(10)14/h4-5,8H,6-7H2,1-3H3. The third kappa shape index (κ3) is 3.74. The molecule has 0 aliphatic heterocycles. The maximum Gasteiger partial charge on any atom is 0.222 e. The van der Waals surface area contributed by atoms with Gasteiger partial charge in [0.1, 0.15) is 5.75 Å². The Hall–Kier alpha value is -1.55. The van der Waals surface area contributed by atoms with Crippen molar-refractivity contribution in [2.24, 2.45) is 0 Å². The van der Waals surface area contributed by atoms with Crippen LogP contribution in [0.15, 0.2) is 18.2 Å². The number of nitrogens with zero attached hydrogens (tertiary/aromatic N) is 1. The van der Waals surface area contributed by atoms with Crippen LogP contribution in [-0.2, 0) is 4.79 Å². The average Bonchev–Trinajstić information content (AvgIpc) is 2.34. The molecule has 0 saturated carbocycles. The van der Waals surface area contributed by atoms with Crippen molar-refractivity contribution in [2.75, 3.05) is 21.2 Å². The summed E-state index contributed by atoms with van der Waals surface area (Å²) in [5, 5.41) is 0.344. The molecule has 0 fully saturated rings. The molecule has 0 saturated heterocycles. The maximum absolute atomic E-state index is 11.9. The lowest BCUT2D eigenvalue weighted by molar-refractivity contribution is -0.128. The average molecular weight is 270 g/mol. The molecule has 0 unspecified atom stereocenters. The van der Waals surface area contributed by atoms with Crippen LogP contribution >= 0.6 is 11.6 Å². The van der Waals surface area contributed by atoms with Crippen LogP contribution in [0.3, 0.4) is 0 Å². The van der Waals surface area contributed by atoms with Gasteiger partial charge in [-0.25, -0.2) is 0 Å². The van der Waals surface area contributed by atoms with Gasteiger partial charge in [-0.1, -0.05) is 11.6 Å². The minimum atomic E-state index is -0.141. The number of hydrogen-bond acceptors (Lipinski definition) is 3. The Bertz CT molecular complexity index is 458. The predicted octanol–water partition coefficient (Wildman–Crippen LogP) is 2.40. The molecule has 0 atom stereocenters. The van der Waals surface area contributed by atoms with Gasteiger partial charge in [0.25, 0.3) is 0 Å². The molecule has 0 heterocycles. The predicted molar refractivity (Wildman–Crippen MR) is 70.3 cm³/mol. The molecular formula is C13H16ClNO3. The quantitative estimate of drug-likeness (QED) is 0.771. The number of ketones is 1. The van der Waals surface area contributed by atoms with Gasteiger partial charge in [0.05, 0.1) is 12.1 Å². The van der Waals surface area contributed by atoms with Crippen LogP contribution in [0.1, 0.15) is 23.2 Å². The van der Waals surface area contributed by atoms with Crippen molar-refractivity contribution in [3.63, 3.8) is 0 Å². The highest BCUT2D eigenvalue weighted by Gasteiger charge is 2.13. The molecule has 18 heavy (non-hydrogen) atoms. The monoisotopic (exact) mass is 269 g/mol. The lowest BCUT2D eigenvalue weighted by Crippen LogP contribution is -2.22. The minimum absolute atomic E-state index is 0.0759. The molecule has 0 bridgehead atoms. The number of carbonyl (C=O) groups excluding carboxylic acids is 2. The lowest BCUT2D eigenvalue weighted by atomic mass is 10.1. The summed E-state index contributed by atoms with van der Waals surface area (Å²) in [7, 11) is 4.85. The molecule has 1 amide bonds. The van der Waals surface area contributed by atoms with Gasteiger partial charge < -0.3 is 9.64 Å². The zero-order valence-corrected chi connectivity index (χ0v) is 11.5. The van der Waals surface area contributed by atoms with Crippen molar-refractivity contribution >= 4 is 23.3 Å². The Balaban J connectivity index is 2.70. The van der Waals surface area contributed by atoms with E-state index in [1.165, 1.54) is 12.0 Å². The fourth-order valence-electron chi connectivity index (χ4n) is 1.43. The van der Waals surface area contributed by atoms with Crippen molar-refractivity contribution in [1.82, 2.24) is 4.90 Å². The van der Waals surface area contributed by atoms with Crippen LogP contribution in [-0.4, -0.2) is 37.8 Å². The fraction of sp³-hybridized carbons (Fsp3) is 0.385. The van der Waals surface area contributed by atoms with Gasteiger partial charge in [-0.05, 0) is 18.2 Å². The van der Waals surface area contributed by atoms with E-state index in [1.54, 1.807) is 32.3 Å². The van der Waals surface area contributed by atoms with E-state index in [1.807, 2.05) is 0 Å². The Kier molecular flexibility index (Phi) is 5.16. The van der Waals surface area contributed by atoms with Gasteiger partial charge in [-0.15, -0.1) is 0 Å². The van der Waals surface area contributed by atoms with E-state index in [4.69, 9.17) is 16.3 Å². The summed E-state index contributed by atoms with van der Waals surface area (Å²) in [6.45, 7) is 0. The Morgan fingerprint density at radius 3 is 2.44 bits per heavy atom. The molecule has 0 radical (unpaired) electrons. The maximum atomic E-state index is 11.9. The van der Waals surface area contributed by atoms with Crippen LogP contribution in [0.25, 0.3) is 0 Å². The Labute approximate surface area is 111 Å². The first-order chi connectivity index (χ1) is 8.45. The number of rotatable bonds is 5. The van der Waals surface area contributed by atoms with Crippen molar-refractivity contribution in [1.29, 1.82) is 0 Å². The number of benzene rings is 1. The highest BCUT2D eigenvalue weighted by molar-refractivity contribution is 6.34. The van der Waals surface area contributed by atoms with E-state index in [0.717, 1.165) is 0 Å². The van der Waals surface area contributed by atoms with Crippen LogP contribution in [0.5, 0.6) is 5.75 Å². The summed E-state index contributed by atoms with van der Waals surface area (Å²) in [6, 6.07) is 4.87. The third-order valence-corrected chi connectivity index (χ3v) is 2.85. The summed E-state index contributed by atoms with van der Waals surface area (Å²) in [5.41, 5.74) is 0.420. The molecule has 1 rings (SSSR count). The number of Topliss-reactive ketones (excluding diaryl/α,β-unsaturated/α-hetero) is 1. The molecule has 98 valence electrons. The number of halogens is 1. The largest absolute Gasteiger partial charge is 0.497 e. The summed E-state index contributed by atoms with van der Waals surface area (Å²) >= 11 is 5.98. The van der Waals surface area contributed by atoms with E-state index in [2.05, 4.69) is 0 Å². The zero-order valence-electron chi connectivity index (χ0n) is 10.7. The first-order valence-electron chi connectivity index (χ1n) is 5.52. The van der Waals surface area contributed by atoms with Crippen LogP contribution < -0.4 is 4.74 Å². The highest BCUT2D eigenvalue weighted by atomic mass is 35.5. The topological polar surface area (TPSA) is 46.6 Å². The molecule has 5 heteroatoms. The van der Waals surface area contributed by atoms with Gasteiger partial charge in [-0.2, -0.15) is 0 Å². The molecule has 0 aliphatic rings. The molecule has 0 spiro atoms. The van der Waals surface area contributed by atoms with Crippen molar-refractivity contribution in [3.05, 3.63) is 28.8 Å². The Morgan fingerprint density at radius 1 is 1.28 bits per heavy atom. The molecule has 1 aromatic rings. The first-order valence-corrected chi connectivity index (χ1v) is 5.90. The lowest BCUT2D eigenvalue weighted by Gasteiger charge is -2.10. The van der Waals surface area contributed by atoms with Crippen LogP contribution in [0.4, 0.5) is 0 Å². The number of methoxy groups -OCH3 is 1. The fourth-order valence-corrected chi connectivity index (χ4v) is 1.70. The van der Waals surface area contributed by atoms with Gasteiger partial charge in [-0.3, -0.25) is 9.59 Å².